The first kappa shape index (κ1) is 16.7. The lowest BCUT2D eigenvalue weighted by atomic mass is 10.3. The molecule has 0 unspecified atom stereocenters. The van der Waals surface area contributed by atoms with Crippen molar-refractivity contribution in [1.82, 2.24) is 0 Å². The monoisotopic (exact) mass is 154 g/mol. The lowest BCUT2D eigenvalue weighted by Gasteiger charge is -1.75. The van der Waals surface area contributed by atoms with E-state index in [1.54, 1.807) is 6.08 Å². The fourth-order valence-corrected chi connectivity index (χ4v) is 0.285. The molecule has 0 heteroatoms. The van der Waals surface area contributed by atoms with Gasteiger partial charge in [0.2, 0.25) is 0 Å². The molecule has 0 saturated heterocycles. The second-order valence-corrected chi connectivity index (χ2v) is 1.75. The van der Waals surface area contributed by atoms with Gasteiger partial charge in [0.05, 0.1) is 0 Å². The van der Waals surface area contributed by atoms with Crippen molar-refractivity contribution in [3.63, 3.8) is 0 Å². The van der Waals surface area contributed by atoms with Gasteiger partial charge >= 0.3 is 0 Å². The molecular formula is C11H22. The number of hydrogen-bond acceptors (Lipinski definition) is 0. The fourth-order valence-electron chi connectivity index (χ4n) is 0.285. The van der Waals surface area contributed by atoms with Crippen LogP contribution in [0.15, 0.2) is 37.0 Å². The molecule has 0 aliphatic carbocycles. The van der Waals surface area contributed by atoms with Gasteiger partial charge in [0, 0.05) is 0 Å². The third kappa shape index (κ3) is 97.5. The van der Waals surface area contributed by atoms with Gasteiger partial charge in [0.25, 0.3) is 0 Å². The molecule has 0 aromatic rings. The highest BCUT2D eigenvalue weighted by Gasteiger charge is 1.63. The Bertz CT molecular complexity index is 96.6. The largest absolute Gasteiger partial charge is 0.103 e. The predicted molar refractivity (Wildman–Crippen MR) is 56.8 cm³/mol. The van der Waals surface area contributed by atoms with Gasteiger partial charge < -0.3 is 0 Å². The summed E-state index contributed by atoms with van der Waals surface area (Å²) in [7, 11) is 0. The average Bonchev–Trinajstić information content (AvgIpc) is 1.93. The van der Waals surface area contributed by atoms with Gasteiger partial charge in [0.1, 0.15) is 0 Å². The highest BCUT2D eigenvalue weighted by Crippen LogP contribution is 1.85. The van der Waals surface area contributed by atoms with Crippen LogP contribution in [-0.2, 0) is 0 Å². The van der Waals surface area contributed by atoms with E-state index in [2.05, 4.69) is 13.2 Å². The minimum absolute atomic E-state index is 1.11. The molecule has 0 bridgehead atoms. The fraction of sp³-hybridized carbons (Fsp3) is 0.455. The maximum Gasteiger partial charge on any atom is -0.0404 e. The summed E-state index contributed by atoms with van der Waals surface area (Å²) in [6.45, 7) is 16.9. The zero-order valence-corrected chi connectivity index (χ0v) is 8.65. The Morgan fingerprint density at radius 3 is 1.45 bits per heavy atom. The number of hydrogen-bond donors (Lipinski definition) is 0. The maximum absolute atomic E-state index is 3.66. The molecule has 0 aliphatic heterocycles. The molecular weight excluding hydrogens is 132 g/mol. The van der Waals surface area contributed by atoms with Crippen LogP contribution >= 0.6 is 0 Å². The van der Waals surface area contributed by atoms with Crippen LogP contribution in [0.3, 0.4) is 0 Å². The van der Waals surface area contributed by atoms with Crippen molar-refractivity contribution in [1.29, 1.82) is 0 Å². The SMILES string of the molecule is C=C(C)/C=C\C.C=CC.CC. The lowest BCUT2D eigenvalue weighted by molar-refractivity contribution is 1.50. The Morgan fingerprint density at radius 2 is 1.45 bits per heavy atom. The van der Waals surface area contributed by atoms with Crippen molar-refractivity contribution in [3.8, 4) is 0 Å². The molecule has 0 radical (unpaired) electrons. The second-order valence-electron chi connectivity index (χ2n) is 1.75. The number of rotatable bonds is 1. The van der Waals surface area contributed by atoms with Crippen LogP contribution in [0.5, 0.6) is 0 Å². The Labute approximate surface area is 72.3 Å². The molecule has 0 spiro atoms. The van der Waals surface area contributed by atoms with Gasteiger partial charge in [-0.15, -0.1) is 6.58 Å². The van der Waals surface area contributed by atoms with E-state index in [0.29, 0.717) is 0 Å². The predicted octanol–water partition coefficient (Wildman–Crippen LogP) is 4.36. The van der Waals surface area contributed by atoms with E-state index in [-0.39, 0.29) is 0 Å². The summed E-state index contributed by atoms with van der Waals surface area (Å²) in [6, 6.07) is 0. The van der Waals surface area contributed by atoms with E-state index >= 15 is 0 Å². The van der Waals surface area contributed by atoms with Gasteiger partial charge in [-0.25, -0.2) is 0 Å². The molecule has 0 saturated carbocycles. The topological polar surface area (TPSA) is 0 Å². The Balaban J connectivity index is -0.000000109. The molecule has 0 aromatic heterocycles. The first-order chi connectivity index (χ1) is 5.18. The Morgan fingerprint density at radius 1 is 1.18 bits per heavy atom. The van der Waals surface area contributed by atoms with Crippen molar-refractivity contribution in [3.05, 3.63) is 37.0 Å². The molecule has 0 N–H and O–H groups in total. The van der Waals surface area contributed by atoms with Crippen LogP contribution < -0.4 is 0 Å². The Hall–Kier alpha value is -0.780. The summed E-state index contributed by atoms with van der Waals surface area (Å²) in [5, 5.41) is 0. The van der Waals surface area contributed by atoms with E-state index < -0.39 is 0 Å². The summed E-state index contributed by atoms with van der Waals surface area (Å²) < 4.78 is 0. The van der Waals surface area contributed by atoms with Gasteiger partial charge in [-0.05, 0) is 20.8 Å². The highest BCUT2D eigenvalue weighted by atomic mass is 13.7. The highest BCUT2D eigenvalue weighted by molar-refractivity contribution is 5.09. The van der Waals surface area contributed by atoms with Crippen molar-refractivity contribution < 1.29 is 0 Å². The van der Waals surface area contributed by atoms with Crippen molar-refractivity contribution >= 4 is 0 Å². The molecule has 0 aromatic carbocycles. The molecule has 0 heterocycles. The van der Waals surface area contributed by atoms with Crippen LogP contribution in [0.2, 0.25) is 0 Å². The third-order valence-electron chi connectivity index (χ3n) is 0.451. The van der Waals surface area contributed by atoms with Gasteiger partial charge in [-0.3, -0.25) is 0 Å². The summed E-state index contributed by atoms with van der Waals surface area (Å²) >= 11 is 0. The Kier molecular flexibility index (Phi) is 34.6. The summed E-state index contributed by atoms with van der Waals surface area (Å²) in [4.78, 5) is 0. The van der Waals surface area contributed by atoms with Gasteiger partial charge in [-0.2, -0.15) is 0 Å². The van der Waals surface area contributed by atoms with E-state index in [1.807, 2.05) is 46.8 Å². The average molecular weight is 154 g/mol. The first-order valence-corrected chi connectivity index (χ1v) is 4.04. The molecule has 66 valence electrons. The van der Waals surface area contributed by atoms with Crippen molar-refractivity contribution in [2.45, 2.75) is 34.6 Å². The number of allylic oxidation sites excluding steroid dienone is 4. The second kappa shape index (κ2) is 22.9. The summed E-state index contributed by atoms with van der Waals surface area (Å²) in [5.74, 6) is 0. The first-order valence-electron chi connectivity index (χ1n) is 4.04. The van der Waals surface area contributed by atoms with Crippen LogP contribution in [0.1, 0.15) is 34.6 Å². The molecule has 0 nitrogen and oxygen atoms in total. The van der Waals surface area contributed by atoms with Gasteiger partial charge in [0.15, 0.2) is 0 Å². The standard InChI is InChI=1S/C6H10.C3H6.C2H6/c1-4-5-6(2)3;1-3-2;1-2/h4-5H,2H2,1,3H3;3H,1H2,2H3;1-2H3/b5-4-;;. The zero-order valence-electron chi connectivity index (χ0n) is 8.65. The van der Waals surface area contributed by atoms with Gasteiger partial charge in [-0.1, -0.05) is 44.2 Å². The molecule has 0 amide bonds. The smallest absolute Gasteiger partial charge is 0.0404 e. The normalized spacial score (nSPS) is 7.00. The zero-order chi connectivity index (χ0) is 9.70. The molecule has 11 heavy (non-hydrogen) atoms. The summed E-state index contributed by atoms with van der Waals surface area (Å²) in [6.07, 6.45) is 5.70. The van der Waals surface area contributed by atoms with E-state index in [4.69, 9.17) is 0 Å². The third-order valence-corrected chi connectivity index (χ3v) is 0.451. The van der Waals surface area contributed by atoms with E-state index in [1.165, 1.54) is 0 Å². The maximum atomic E-state index is 3.66. The van der Waals surface area contributed by atoms with Crippen LogP contribution in [-0.4, -0.2) is 0 Å². The van der Waals surface area contributed by atoms with E-state index in [0.717, 1.165) is 5.57 Å². The minimum Gasteiger partial charge on any atom is -0.103 e. The van der Waals surface area contributed by atoms with Crippen LogP contribution in [0.25, 0.3) is 0 Å². The minimum atomic E-state index is 1.11. The van der Waals surface area contributed by atoms with Crippen molar-refractivity contribution in [2.24, 2.45) is 0 Å². The van der Waals surface area contributed by atoms with Crippen molar-refractivity contribution in [2.75, 3.05) is 0 Å². The van der Waals surface area contributed by atoms with E-state index in [9.17, 15) is 0 Å². The molecule has 0 rings (SSSR count). The molecule has 0 atom stereocenters. The quantitative estimate of drug-likeness (QED) is 0.389. The molecule has 0 fully saturated rings. The summed E-state index contributed by atoms with van der Waals surface area (Å²) in [5.41, 5.74) is 1.11. The van der Waals surface area contributed by atoms with Crippen LogP contribution in [0, 0.1) is 0 Å². The lowest BCUT2D eigenvalue weighted by Crippen LogP contribution is -1.54. The van der Waals surface area contributed by atoms with Crippen LogP contribution in [0.4, 0.5) is 0 Å². The molecule has 0 aliphatic rings.